The van der Waals surface area contributed by atoms with Crippen molar-refractivity contribution in [3.63, 3.8) is 0 Å². The minimum atomic E-state index is 0.733. The van der Waals surface area contributed by atoms with Crippen molar-refractivity contribution in [1.82, 2.24) is 10.2 Å². The highest BCUT2D eigenvalue weighted by Gasteiger charge is 1.98. The largest absolute Gasteiger partial charge is 0.154 e. The number of unbranched alkanes of at least 4 members (excludes halogenated alkanes) is 8. The number of allylic oxidation sites excluding steroid dienone is 1. The summed E-state index contributed by atoms with van der Waals surface area (Å²) in [7, 11) is 0. The number of benzene rings is 1. The Morgan fingerprint density at radius 1 is 0.724 bits per heavy atom. The maximum atomic E-state index is 4.34. The van der Waals surface area contributed by atoms with E-state index < -0.39 is 0 Å². The lowest BCUT2D eigenvalue weighted by atomic mass is 10.1. The predicted octanol–water partition coefficient (Wildman–Crippen LogP) is 7.37. The number of rotatable bonds is 12. The summed E-state index contributed by atoms with van der Waals surface area (Å²) >= 11 is 0. The highest BCUT2D eigenvalue weighted by atomic mass is 15.1. The molecule has 0 aliphatic heterocycles. The highest BCUT2D eigenvalue weighted by molar-refractivity contribution is 5.52. The molecule has 0 bridgehead atoms. The first-order chi connectivity index (χ1) is 14.3. The van der Waals surface area contributed by atoms with Gasteiger partial charge in [0.2, 0.25) is 0 Å². The van der Waals surface area contributed by atoms with Gasteiger partial charge in [0.05, 0.1) is 5.69 Å². The van der Waals surface area contributed by atoms with Gasteiger partial charge in [-0.3, -0.25) is 0 Å². The van der Waals surface area contributed by atoms with Crippen LogP contribution in [-0.2, 0) is 6.42 Å². The molecule has 1 aromatic carbocycles. The van der Waals surface area contributed by atoms with Crippen molar-refractivity contribution < 1.29 is 0 Å². The second-order valence-electron chi connectivity index (χ2n) is 7.70. The highest BCUT2D eigenvalue weighted by Crippen LogP contribution is 2.10. The summed E-state index contributed by atoms with van der Waals surface area (Å²) in [6.07, 6.45) is 18.4. The number of aromatic nitrogens is 2. The van der Waals surface area contributed by atoms with Crippen LogP contribution in [0.25, 0.3) is 6.08 Å². The zero-order valence-electron chi connectivity index (χ0n) is 18.3. The number of nitrogens with zero attached hydrogens (tertiary/aromatic N) is 2. The standard InChI is InChI=1S/C27H36N2/c1-3-5-7-8-9-10-11-13-15-26-22-23-27(29-28-26)21-20-25-18-16-24(17-19-25)14-12-6-4-2/h12,14,16-19,22-23H,3-11,13,15H2,1-2H3. The average Bonchev–Trinajstić information content (AvgIpc) is 2.76. The zero-order chi connectivity index (χ0) is 20.6. The number of aryl methyl sites for hydroxylation is 1. The van der Waals surface area contributed by atoms with Gasteiger partial charge in [-0.25, -0.2) is 0 Å². The first-order valence-corrected chi connectivity index (χ1v) is 11.4. The molecule has 0 radical (unpaired) electrons. The monoisotopic (exact) mass is 388 g/mol. The van der Waals surface area contributed by atoms with E-state index in [1.165, 1.54) is 63.4 Å². The van der Waals surface area contributed by atoms with Gasteiger partial charge in [0.1, 0.15) is 5.69 Å². The van der Waals surface area contributed by atoms with Gasteiger partial charge in [-0.15, -0.1) is 5.10 Å². The van der Waals surface area contributed by atoms with Crippen LogP contribution in [0.1, 0.15) is 101 Å². The Hall–Kier alpha value is -2.40. The smallest absolute Gasteiger partial charge is 0.136 e. The fraction of sp³-hybridized carbons (Fsp3) is 0.481. The van der Waals surface area contributed by atoms with Crippen molar-refractivity contribution in [2.45, 2.75) is 84.5 Å². The predicted molar refractivity (Wildman–Crippen MR) is 125 cm³/mol. The van der Waals surface area contributed by atoms with Crippen LogP contribution in [0, 0.1) is 11.8 Å². The normalized spacial score (nSPS) is 10.8. The van der Waals surface area contributed by atoms with Gasteiger partial charge in [0.15, 0.2) is 0 Å². The third-order valence-electron chi connectivity index (χ3n) is 5.02. The van der Waals surface area contributed by atoms with Gasteiger partial charge in [0, 0.05) is 5.56 Å². The quantitative estimate of drug-likeness (QED) is 0.280. The third kappa shape index (κ3) is 10.1. The molecule has 2 aromatic rings. The van der Waals surface area contributed by atoms with Gasteiger partial charge < -0.3 is 0 Å². The number of hydrogen-bond acceptors (Lipinski definition) is 2. The van der Waals surface area contributed by atoms with Crippen molar-refractivity contribution in [3.8, 4) is 11.8 Å². The topological polar surface area (TPSA) is 25.8 Å². The summed E-state index contributed by atoms with van der Waals surface area (Å²) < 4.78 is 0. The van der Waals surface area contributed by atoms with E-state index in [1.807, 2.05) is 6.07 Å². The molecular weight excluding hydrogens is 352 g/mol. The second-order valence-corrected chi connectivity index (χ2v) is 7.70. The van der Waals surface area contributed by atoms with Crippen LogP contribution in [0.2, 0.25) is 0 Å². The van der Waals surface area contributed by atoms with Crippen LogP contribution in [0.5, 0.6) is 0 Å². The lowest BCUT2D eigenvalue weighted by Gasteiger charge is -2.01. The van der Waals surface area contributed by atoms with E-state index in [1.54, 1.807) is 0 Å². The van der Waals surface area contributed by atoms with E-state index in [4.69, 9.17) is 0 Å². The van der Waals surface area contributed by atoms with Gasteiger partial charge in [-0.1, -0.05) is 95.4 Å². The van der Waals surface area contributed by atoms with Gasteiger partial charge in [-0.05, 0) is 55.0 Å². The lowest BCUT2D eigenvalue weighted by molar-refractivity contribution is 0.573. The molecule has 2 heteroatoms. The Balaban J connectivity index is 1.72. The van der Waals surface area contributed by atoms with E-state index in [-0.39, 0.29) is 0 Å². The molecule has 0 aliphatic carbocycles. The fourth-order valence-electron chi connectivity index (χ4n) is 3.20. The Morgan fingerprint density at radius 3 is 2.10 bits per heavy atom. The maximum Gasteiger partial charge on any atom is 0.136 e. The second kappa shape index (κ2) is 14.6. The summed E-state index contributed by atoms with van der Waals surface area (Å²) in [5.41, 5.74) is 4.03. The van der Waals surface area contributed by atoms with Gasteiger partial charge >= 0.3 is 0 Å². The molecular formula is C27H36N2. The molecule has 154 valence electrons. The molecule has 1 aromatic heterocycles. The molecule has 0 unspecified atom stereocenters. The van der Waals surface area contributed by atoms with Crippen molar-refractivity contribution in [2.24, 2.45) is 0 Å². The Morgan fingerprint density at radius 2 is 1.45 bits per heavy atom. The zero-order valence-corrected chi connectivity index (χ0v) is 18.3. The summed E-state index contributed by atoms with van der Waals surface area (Å²) in [5.74, 6) is 6.30. The Labute approximate surface area is 177 Å². The van der Waals surface area contributed by atoms with Crippen LogP contribution in [0.4, 0.5) is 0 Å². The van der Waals surface area contributed by atoms with Crippen LogP contribution in [0.15, 0.2) is 42.5 Å². The Bertz CT molecular complexity index is 761. The molecule has 0 atom stereocenters. The summed E-state index contributed by atoms with van der Waals surface area (Å²) in [6.45, 7) is 4.46. The molecule has 2 nitrogen and oxygen atoms in total. The van der Waals surface area contributed by atoms with Gasteiger partial charge in [-0.2, -0.15) is 5.10 Å². The summed E-state index contributed by atoms with van der Waals surface area (Å²) in [4.78, 5) is 0. The molecule has 0 spiro atoms. The van der Waals surface area contributed by atoms with E-state index in [2.05, 4.69) is 78.4 Å². The van der Waals surface area contributed by atoms with E-state index >= 15 is 0 Å². The third-order valence-corrected chi connectivity index (χ3v) is 5.02. The van der Waals surface area contributed by atoms with Gasteiger partial charge in [0.25, 0.3) is 0 Å². The molecule has 0 N–H and O–H groups in total. The van der Waals surface area contributed by atoms with Crippen molar-refractivity contribution in [1.29, 1.82) is 0 Å². The van der Waals surface area contributed by atoms with E-state index in [0.717, 1.165) is 29.8 Å². The first kappa shape index (κ1) is 22.9. The molecule has 0 fully saturated rings. The molecule has 0 amide bonds. The molecule has 0 saturated carbocycles. The van der Waals surface area contributed by atoms with Crippen LogP contribution >= 0.6 is 0 Å². The molecule has 2 rings (SSSR count). The maximum absolute atomic E-state index is 4.34. The van der Waals surface area contributed by atoms with Crippen LogP contribution < -0.4 is 0 Å². The SMILES string of the molecule is CCCC=Cc1ccc(C#Cc2ccc(CCCCCCCCCC)nn2)cc1. The van der Waals surface area contributed by atoms with Crippen LogP contribution in [-0.4, -0.2) is 10.2 Å². The molecule has 29 heavy (non-hydrogen) atoms. The Kier molecular flexibility index (Phi) is 11.5. The minimum absolute atomic E-state index is 0.733. The fourth-order valence-corrected chi connectivity index (χ4v) is 3.20. The molecule has 0 aliphatic rings. The summed E-state index contributed by atoms with van der Waals surface area (Å²) in [5, 5.41) is 8.62. The van der Waals surface area contributed by atoms with Crippen LogP contribution in [0.3, 0.4) is 0 Å². The van der Waals surface area contributed by atoms with Crippen molar-refractivity contribution in [2.75, 3.05) is 0 Å². The lowest BCUT2D eigenvalue weighted by Crippen LogP contribution is -1.95. The van der Waals surface area contributed by atoms with Crippen molar-refractivity contribution in [3.05, 3.63) is 65.0 Å². The average molecular weight is 389 g/mol. The minimum Gasteiger partial charge on any atom is -0.154 e. The first-order valence-electron chi connectivity index (χ1n) is 11.4. The van der Waals surface area contributed by atoms with E-state index in [0.29, 0.717) is 0 Å². The van der Waals surface area contributed by atoms with Crippen molar-refractivity contribution >= 4 is 6.08 Å². The summed E-state index contributed by atoms with van der Waals surface area (Å²) in [6, 6.07) is 12.4. The molecule has 1 heterocycles. The van der Waals surface area contributed by atoms with E-state index in [9.17, 15) is 0 Å². The molecule has 0 saturated heterocycles. The number of hydrogen-bond donors (Lipinski definition) is 0.